The number of piperidine rings is 1. The summed E-state index contributed by atoms with van der Waals surface area (Å²) in [5.74, 6) is -0.697. The van der Waals surface area contributed by atoms with E-state index < -0.39 is 5.97 Å². The Morgan fingerprint density at radius 1 is 0.889 bits per heavy atom. The number of rotatable bonds is 6. The van der Waals surface area contributed by atoms with E-state index in [0.717, 1.165) is 24.8 Å². The minimum atomic E-state index is -0.480. The van der Waals surface area contributed by atoms with Gasteiger partial charge in [0.25, 0.3) is 5.91 Å². The highest BCUT2D eigenvalue weighted by atomic mass is 16.5. The third-order valence-corrected chi connectivity index (χ3v) is 6.73. The third kappa shape index (κ3) is 4.31. The van der Waals surface area contributed by atoms with E-state index in [-0.39, 0.29) is 24.3 Å². The van der Waals surface area contributed by atoms with Crippen LogP contribution in [0.3, 0.4) is 0 Å². The van der Waals surface area contributed by atoms with Gasteiger partial charge in [-0.25, -0.2) is 4.79 Å². The first-order valence-electron chi connectivity index (χ1n) is 12.4. The summed E-state index contributed by atoms with van der Waals surface area (Å²) >= 11 is 0. The Morgan fingerprint density at radius 2 is 1.58 bits per heavy atom. The Labute approximate surface area is 210 Å². The summed E-state index contributed by atoms with van der Waals surface area (Å²) in [4.78, 5) is 41.9. The summed E-state index contributed by atoms with van der Waals surface area (Å²) in [5, 5.41) is 0. The molecule has 1 aliphatic rings. The average molecular weight is 481 g/mol. The van der Waals surface area contributed by atoms with Crippen LogP contribution in [0.4, 0.5) is 0 Å². The van der Waals surface area contributed by atoms with Crippen LogP contribution in [0.1, 0.15) is 74.6 Å². The number of carbonyl (C=O) groups excluding carboxylic acids is 3. The molecule has 1 unspecified atom stereocenters. The first kappa shape index (κ1) is 23.5. The van der Waals surface area contributed by atoms with Crippen LogP contribution in [0.2, 0.25) is 0 Å². The van der Waals surface area contributed by atoms with Crippen molar-refractivity contribution < 1.29 is 19.1 Å². The number of ketones is 1. The van der Waals surface area contributed by atoms with Crippen LogP contribution in [0.15, 0.2) is 85.1 Å². The lowest BCUT2D eigenvalue weighted by atomic mass is 9.93. The molecule has 0 bridgehead atoms. The van der Waals surface area contributed by atoms with Crippen LogP contribution in [0.5, 0.6) is 0 Å². The highest BCUT2D eigenvalue weighted by Crippen LogP contribution is 2.37. The van der Waals surface area contributed by atoms with Crippen LogP contribution < -0.4 is 0 Å². The van der Waals surface area contributed by atoms with Crippen LogP contribution in [-0.4, -0.2) is 40.1 Å². The van der Waals surface area contributed by atoms with Gasteiger partial charge in [0, 0.05) is 23.9 Å². The zero-order valence-corrected chi connectivity index (χ0v) is 20.2. The summed E-state index contributed by atoms with van der Waals surface area (Å²) in [5.41, 5.74) is 3.36. The second-order valence-electron chi connectivity index (χ2n) is 8.92. The lowest BCUT2D eigenvalue weighted by Gasteiger charge is -2.36. The minimum absolute atomic E-state index is 0.0351. The van der Waals surface area contributed by atoms with Gasteiger partial charge in [-0.3, -0.25) is 9.59 Å². The van der Waals surface area contributed by atoms with Crippen LogP contribution in [0, 0.1) is 0 Å². The molecular weight excluding hydrogens is 452 g/mol. The van der Waals surface area contributed by atoms with E-state index in [9.17, 15) is 14.4 Å². The molecule has 6 nitrogen and oxygen atoms in total. The van der Waals surface area contributed by atoms with Gasteiger partial charge in [0.1, 0.15) is 0 Å². The standard InChI is InChI=1S/C30H28N2O4/c1-2-36-30(35)24-20-26(28(33)21-12-5-3-6-13-21)31-19-11-16-23(27(24)31)25-17-9-10-18-32(25)29(34)22-14-7-4-8-15-22/h3-8,11-16,19-20,25H,2,9-10,17-18H2,1H3. The van der Waals surface area contributed by atoms with E-state index in [1.807, 2.05) is 65.6 Å². The fourth-order valence-corrected chi connectivity index (χ4v) is 5.08. The minimum Gasteiger partial charge on any atom is -0.462 e. The number of fused-ring (bicyclic) bond motifs is 1. The highest BCUT2D eigenvalue weighted by molar-refractivity contribution is 6.11. The highest BCUT2D eigenvalue weighted by Gasteiger charge is 2.32. The molecule has 3 heterocycles. The number of likely N-dealkylation sites (tertiary alicyclic amines) is 1. The van der Waals surface area contributed by atoms with Crippen molar-refractivity contribution in [1.29, 1.82) is 0 Å². The van der Waals surface area contributed by atoms with Crippen molar-refractivity contribution in [2.24, 2.45) is 0 Å². The predicted octanol–water partition coefficient (Wildman–Crippen LogP) is 5.71. The van der Waals surface area contributed by atoms with E-state index in [1.165, 1.54) is 0 Å². The molecule has 1 saturated heterocycles. The van der Waals surface area contributed by atoms with E-state index in [1.54, 1.807) is 35.7 Å². The largest absolute Gasteiger partial charge is 0.462 e. The number of hydrogen-bond acceptors (Lipinski definition) is 4. The maximum atomic E-state index is 13.5. The van der Waals surface area contributed by atoms with Crippen molar-refractivity contribution in [2.45, 2.75) is 32.2 Å². The number of benzene rings is 2. The second-order valence-corrected chi connectivity index (χ2v) is 8.92. The molecule has 2 aromatic heterocycles. The van der Waals surface area contributed by atoms with E-state index in [2.05, 4.69) is 0 Å². The Morgan fingerprint density at radius 3 is 2.28 bits per heavy atom. The maximum Gasteiger partial charge on any atom is 0.340 e. The molecule has 1 fully saturated rings. The molecule has 0 saturated carbocycles. The molecule has 36 heavy (non-hydrogen) atoms. The number of pyridine rings is 1. The van der Waals surface area contributed by atoms with E-state index in [0.29, 0.717) is 34.4 Å². The van der Waals surface area contributed by atoms with Gasteiger partial charge in [0.05, 0.1) is 29.4 Å². The van der Waals surface area contributed by atoms with Crippen LogP contribution >= 0.6 is 0 Å². The quantitative estimate of drug-likeness (QED) is 0.262. The second kappa shape index (κ2) is 10.2. The van der Waals surface area contributed by atoms with Gasteiger partial charge in [-0.15, -0.1) is 0 Å². The zero-order valence-electron chi connectivity index (χ0n) is 20.2. The summed E-state index contributed by atoms with van der Waals surface area (Å²) in [6, 6.07) is 23.5. The van der Waals surface area contributed by atoms with Crippen LogP contribution in [-0.2, 0) is 4.74 Å². The van der Waals surface area contributed by atoms with Gasteiger partial charge in [-0.05, 0) is 56.0 Å². The normalized spacial score (nSPS) is 15.6. The molecule has 0 N–H and O–H groups in total. The Bertz CT molecular complexity index is 1410. The molecule has 0 radical (unpaired) electrons. The SMILES string of the molecule is CCOC(=O)c1cc(C(=O)c2ccccc2)n2cccc(C3CCCCN3C(=O)c3ccccc3)c12. The van der Waals surface area contributed by atoms with Crippen molar-refractivity contribution in [3.05, 3.63) is 113 Å². The van der Waals surface area contributed by atoms with Crippen molar-refractivity contribution in [3.63, 3.8) is 0 Å². The topological polar surface area (TPSA) is 68.1 Å². The van der Waals surface area contributed by atoms with Crippen LogP contribution in [0.25, 0.3) is 5.52 Å². The average Bonchev–Trinajstić information content (AvgIpc) is 3.33. The summed E-state index contributed by atoms with van der Waals surface area (Å²) in [6.07, 6.45) is 4.45. The van der Waals surface area contributed by atoms with Gasteiger partial charge in [0.15, 0.2) is 0 Å². The number of hydrogen-bond donors (Lipinski definition) is 0. The van der Waals surface area contributed by atoms with E-state index >= 15 is 0 Å². The maximum absolute atomic E-state index is 13.5. The molecule has 1 amide bonds. The van der Waals surface area contributed by atoms with Crippen molar-refractivity contribution in [3.8, 4) is 0 Å². The Kier molecular flexibility index (Phi) is 6.67. The number of carbonyl (C=O) groups is 3. The van der Waals surface area contributed by atoms with Gasteiger partial charge in [-0.2, -0.15) is 0 Å². The van der Waals surface area contributed by atoms with Gasteiger partial charge in [-0.1, -0.05) is 54.6 Å². The van der Waals surface area contributed by atoms with Gasteiger partial charge in [0.2, 0.25) is 5.78 Å². The molecule has 0 aliphatic carbocycles. The summed E-state index contributed by atoms with van der Waals surface area (Å²) in [7, 11) is 0. The van der Waals surface area contributed by atoms with Gasteiger partial charge >= 0.3 is 5.97 Å². The fraction of sp³-hybridized carbons (Fsp3) is 0.233. The molecular formula is C30H28N2O4. The van der Waals surface area contributed by atoms with Crippen molar-refractivity contribution in [1.82, 2.24) is 9.30 Å². The predicted molar refractivity (Wildman–Crippen MR) is 137 cm³/mol. The molecule has 0 spiro atoms. The molecule has 5 rings (SSSR count). The first-order chi connectivity index (χ1) is 17.6. The lowest BCUT2D eigenvalue weighted by Crippen LogP contribution is -2.38. The first-order valence-corrected chi connectivity index (χ1v) is 12.4. The number of amides is 1. The fourth-order valence-electron chi connectivity index (χ4n) is 5.08. The molecule has 6 heteroatoms. The summed E-state index contributed by atoms with van der Waals surface area (Å²) < 4.78 is 7.15. The van der Waals surface area contributed by atoms with Crippen molar-refractivity contribution >= 4 is 23.2 Å². The Balaban J connectivity index is 1.66. The third-order valence-electron chi connectivity index (χ3n) is 6.73. The lowest BCUT2D eigenvalue weighted by molar-refractivity contribution is 0.0528. The van der Waals surface area contributed by atoms with Gasteiger partial charge < -0.3 is 14.0 Å². The smallest absolute Gasteiger partial charge is 0.340 e. The zero-order chi connectivity index (χ0) is 25.1. The number of aromatic nitrogens is 1. The molecule has 4 aromatic rings. The summed E-state index contributed by atoms with van der Waals surface area (Å²) in [6.45, 7) is 2.61. The molecule has 2 aromatic carbocycles. The monoisotopic (exact) mass is 480 g/mol. The molecule has 1 aliphatic heterocycles. The number of esters is 1. The molecule has 182 valence electrons. The number of ether oxygens (including phenoxy) is 1. The van der Waals surface area contributed by atoms with Crippen molar-refractivity contribution in [2.75, 3.05) is 13.2 Å². The molecule has 1 atom stereocenters. The van der Waals surface area contributed by atoms with E-state index in [4.69, 9.17) is 4.74 Å². The number of nitrogens with zero attached hydrogens (tertiary/aromatic N) is 2. The Hall–Kier alpha value is -4.19.